The molecule has 11 heteroatoms. The molecule has 226 valence electrons. The van der Waals surface area contributed by atoms with E-state index in [0.29, 0.717) is 11.5 Å². The molecule has 1 saturated heterocycles. The van der Waals surface area contributed by atoms with Crippen molar-refractivity contribution in [1.29, 1.82) is 0 Å². The lowest BCUT2D eigenvalue weighted by molar-refractivity contribution is -0.141. The van der Waals surface area contributed by atoms with Crippen molar-refractivity contribution in [2.75, 3.05) is 44.6 Å². The van der Waals surface area contributed by atoms with Crippen LogP contribution < -0.4 is 10.6 Å². The average Bonchev–Trinajstić information content (AvgIpc) is 3.38. The van der Waals surface area contributed by atoms with E-state index in [0.717, 1.165) is 45.4 Å². The number of ether oxygens (including phenoxy) is 2. The summed E-state index contributed by atoms with van der Waals surface area (Å²) in [5, 5.41) is 10.4. The zero-order valence-corrected chi connectivity index (χ0v) is 25.0. The minimum Gasteiger partial charge on any atom is -0.465 e. The van der Waals surface area contributed by atoms with E-state index in [1.807, 2.05) is 12.1 Å². The number of benzene rings is 2. The van der Waals surface area contributed by atoms with Gasteiger partial charge in [0.25, 0.3) is 5.91 Å². The van der Waals surface area contributed by atoms with Crippen molar-refractivity contribution in [2.45, 2.75) is 38.4 Å². The lowest BCUT2D eigenvalue weighted by atomic mass is 10.00. The monoisotopic (exact) mass is 604 g/mol. The summed E-state index contributed by atoms with van der Waals surface area (Å²) in [6.45, 7) is 5.38. The molecule has 2 N–H and O–H groups in total. The molecule has 0 bridgehead atoms. The molecular formula is C32H37ClN6O4. The SMILES string of the molecule is CCOC(=O)CNC(=O)c1nc2ccc(NCCCN3CCC(OC(c4ccccc4)c4ccccc4)CC3)nn2c1Cl. The van der Waals surface area contributed by atoms with Gasteiger partial charge in [-0.1, -0.05) is 72.3 Å². The van der Waals surface area contributed by atoms with Crippen molar-refractivity contribution >= 4 is 34.9 Å². The number of likely N-dealkylation sites (tertiary alicyclic amines) is 1. The molecule has 43 heavy (non-hydrogen) atoms. The third kappa shape index (κ3) is 8.10. The van der Waals surface area contributed by atoms with Crippen LogP contribution >= 0.6 is 11.6 Å². The molecule has 0 unspecified atom stereocenters. The molecule has 0 aliphatic carbocycles. The van der Waals surface area contributed by atoms with E-state index >= 15 is 0 Å². The van der Waals surface area contributed by atoms with Gasteiger partial charge in [-0.3, -0.25) is 9.59 Å². The number of imidazole rings is 1. The summed E-state index contributed by atoms with van der Waals surface area (Å²) in [6, 6.07) is 24.4. The largest absolute Gasteiger partial charge is 0.465 e. The molecule has 1 aliphatic heterocycles. The Morgan fingerprint density at radius 2 is 1.67 bits per heavy atom. The van der Waals surface area contributed by atoms with Crippen molar-refractivity contribution in [1.82, 2.24) is 24.8 Å². The second-order valence-corrected chi connectivity index (χ2v) is 10.7. The molecule has 0 atom stereocenters. The number of esters is 1. The number of anilines is 1. The van der Waals surface area contributed by atoms with Crippen LogP contribution in [0.5, 0.6) is 0 Å². The second kappa shape index (κ2) is 15.0. The summed E-state index contributed by atoms with van der Waals surface area (Å²) in [4.78, 5) is 30.7. The van der Waals surface area contributed by atoms with Crippen LogP contribution in [0, 0.1) is 0 Å². The molecule has 5 rings (SSSR count). The Bertz CT molecular complexity index is 1450. The van der Waals surface area contributed by atoms with Crippen LogP contribution in [-0.2, 0) is 14.3 Å². The summed E-state index contributed by atoms with van der Waals surface area (Å²) in [5.41, 5.74) is 2.80. The van der Waals surface area contributed by atoms with Gasteiger partial charge < -0.3 is 25.0 Å². The first-order valence-electron chi connectivity index (χ1n) is 14.7. The van der Waals surface area contributed by atoms with Gasteiger partial charge in [0.2, 0.25) is 0 Å². The Morgan fingerprint density at radius 3 is 2.33 bits per heavy atom. The highest BCUT2D eigenvalue weighted by Crippen LogP contribution is 2.30. The number of amides is 1. The fourth-order valence-corrected chi connectivity index (χ4v) is 5.43. The van der Waals surface area contributed by atoms with Gasteiger partial charge in [0.15, 0.2) is 16.5 Å². The highest BCUT2D eigenvalue weighted by Gasteiger charge is 2.25. The minimum atomic E-state index is -0.567. The van der Waals surface area contributed by atoms with Gasteiger partial charge in [0, 0.05) is 19.6 Å². The van der Waals surface area contributed by atoms with Gasteiger partial charge in [-0.2, -0.15) is 4.52 Å². The number of carbonyl (C=O) groups is 2. The third-order valence-electron chi connectivity index (χ3n) is 7.36. The second-order valence-electron chi connectivity index (χ2n) is 10.4. The van der Waals surface area contributed by atoms with Gasteiger partial charge in [0.05, 0.1) is 12.7 Å². The van der Waals surface area contributed by atoms with Crippen LogP contribution in [-0.4, -0.2) is 76.8 Å². The summed E-state index contributed by atoms with van der Waals surface area (Å²) < 4.78 is 12.9. The number of halogens is 1. The molecule has 4 aromatic rings. The number of fused-ring (bicyclic) bond motifs is 1. The van der Waals surface area contributed by atoms with E-state index in [-0.39, 0.29) is 36.2 Å². The van der Waals surface area contributed by atoms with E-state index in [1.165, 1.54) is 15.6 Å². The third-order valence-corrected chi connectivity index (χ3v) is 7.70. The molecule has 2 aromatic carbocycles. The quantitative estimate of drug-likeness (QED) is 0.166. The van der Waals surface area contributed by atoms with Crippen molar-refractivity contribution in [3.63, 3.8) is 0 Å². The fraction of sp³-hybridized carbons (Fsp3) is 0.375. The summed E-state index contributed by atoms with van der Waals surface area (Å²) in [5.74, 6) is -0.467. The average molecular weight is 605 g/mol. The van der Waals surface area contributed by atoms with Crippen molar-refractivity contribution in [3.8, 4) is 0 Å². The molecule has 1 fully saturated rings. The van der Waals surface area contributed by atoms with Gasteiger partial charge in [-0.15, -0.1) is 5.10 Å². The van der Waals surface area contributed by atoms with E-state index < -0.39 is 11.9 Å². The Hall–Kier alpha value is -3.99. The Morgan fingerprint density at radius 1 is 1.00 bits per heavy atom. The predicted molar refractivity (Wildman–Crippen MR) is 165 cm³/mol. The first-order chi connectivity index (χ1) is 21.0. The first kappa shape index (κ1) is 30.5. The van der Waals surface area contributed by atoms with Crippen LogP contribution in [0.3, 0.4) is 0 Å². The summed E-state index contributed by atoms with van der Waals surface area (Å²) in [6.07, 6.45) is 3.09. The van der Waals surface area contributed by atoms with Crippen LogP contribution in [0.1, 0.15) is 53.9 Å². The van der Waals surface area contributed by atoms with Crippen LogP contribution in [0.15, 0.2) is 72.8 Å². The van der Waals surface area contributed by atoms with Gasteiger partial charge in [-0.25, -0.2) is 4.98 Å². The van der Waals surface area contributed by atoms with E-state index in [1.54, 1.807) is 19.1 Å². The van der Waals surface area contributed by atoms with Gasteiger partial charge >= 0.3 is 5.97 Å². The number of nitrogens with zero attached hydrogens (tertiary/aromatic N) is 4. The lowest BCUT2D eigenvalue weighted by Gasteiger charge is -2.34. The van der Waals surface area contributed by atoms with Crippen molar-refractivity contribution in [2.24, 2.45) is 0 Å². The normalized spacial score (nSPS) is 14.2. The number of aromatic nitrogens is 3. The first-order valence-corrected chi connectivity index (χ1v) is 15.1. The van der Waals surface area contributed by atoms with Crippen LogP contribution in [0.2, 0.25) is 5.15 Å². The maximum Gasteiger partial charge on any atom is 0.325 e. The van der Waals surface area contributed by atoms with Crippen LogP contribution in [0.4, 0.5) is 5.82 Å². The Balaban J connectivity index is 1.07. The smallest absolute Gasteiger partial charge is 0.325 e. The maximum absolute atomic E-state index is 12.5. The van der Waals surface area contributed by atoms with Crippen molar-refractivity contribution in [3.05, 3.63) is 94.8 Å². The molecule has 1 aliphatic rings. The van der Waals surface area contributed by atoms with E-state index in [2.05, 4.69) is 74.1 Å². The van der Waals surface area contributed by atoms with Gasteiger partial charge in [0.1, 0.15) is 18.5 Å². The maximum atomic E-state index is 12.5. The topological polar surface area (TPSA) is 110 Å². The number of carbonyl (C=O) groups excluding carboxylic acids is 2. The molecule has 0 spiro atoms. The number of hydrogen-bond donors (Lipinski definition) is 2. The zero-order chi connectivity index (χ0) is 30.0. The minimum absolute atomic E-state index is 0.00172. The number of hydrogen-bond acceptors (Lipinski definition) is 8. The van der Waals surface area contributed by atoms with Crippen LogP contribution in [0.25, 0.3) is 5.65 Å². The number of piperidine rings is 1. The molecule has 10 nitrogen and oxygen atoms in total. The van der Waals surface area contributed by atoms with Crippen molar-refractivity contribution < 1.29 is 19.1 Å². The van der Waals surface area contributed by atoms with Gasteiger partial charge in [-0.05, 0) is 56.0 Å². The Labute approximate surface area is 256 Å². The molecule has 1 amide bonds. The van der Waals surface area contributed by atoms with E-state index in [9.17, 15) is 9.59 Å². The Kier molecular flexibility index (Phi) is 10.6. The fourth-order valence-electron chi connectivity index (χ4n) is 5.18. The standard InChI is InChI=1S/C32H37ClN6O4/c1-2-42-28(40)22-35-32(41)29-31(33)39-27(36-29)15-14-26(37-39)34-18-9-19-38-20-16-25(17-21-38)43-30(23-10-5-3-6-11-23)24-12-7-4-8-13-24/h3-8,10-15,25,30H,2,9,16-22H2,1H3,(H,34,37)(H,35,41). The molecular weight excluding hydrogens is 568 g/mol. The number of rotatable bonds is 13. The molecule has 2 aromatic heterocycles. The zero-order valence-electron chi connectivity index (χ0n) is 24.2. The predicted octanol–water partition coefficient (Wildman–Crippen LogP) is 4.75. The highest BCUT2D eigenvalue weighted by atomic mass is 35.5. The molecule has 0 radical (unpaired) electrons. The molecule has 0 saturated carbocycles. The summed E-state index contributed by atoms with van der Waals surface area (Å²) >= 11 is 6.39. The number of nitrogens with one attached hydrogen (secondary N) is 2. The lowest BCUT2D eigenvalue weighted by Crippen LogP contribution is -2.38. The highest BCUT2D eigenvalue weighted by molar-refractivity contribution is 6.32. The van der Waals surface area contributed by atoms with E-state index in [4.69, 9.17) is 21.1 Å². The summed E-state index contributed by atoms with van der Waals surface area (Å²) in [7, 11) is 0. The molecule has 3 heterocycles.